The number of carbonyl (C=O) groups is 1. The second kappa shape index (κ2) is 5.48. The number of pyridine rings is 1. The second-order valence-corrected chi connectivity index (χ2v) is 4.18. The summed E-state index contributed by atoms with van der Waals surface area (Å²) in [4.78, 5) is 18.5. The highest BCUT2D eigenvalue weighted by Crippen LogP contribution is 2.34. The predicted octanol–water partition coefficient (Wildman–Crippen LogP) is 2.20. The van der Waals surface area contributed by atoms with E-state index >= 15 is 0 Å². The lowest BCUT2D eigenvalue weighted by Gasteiger charge is -2.29. The van der Waals surface area contributed by atoms with E-state index in [0.717, 1.165) is 23.4 Å². The van der Waals surface area contributed by atoms with Crippen LogP contribution in [0.25, 0.3) is 0 Å². The van der Waals surface area contributed by atoms with E-state index in [4.69, 9.17) is 4.74 Å². The maximum absolute atomic E-state index is 12.1. The third kappa shape index (κ3) is 2.01. The van der Waals surface area contributed by atoms with Crippen LogP contribution in [0.15, 0.2) is 12.1 Å². The van der Waals surface area contributed by atoms with E-state index in [9.17, 15) is 4.79 Å². The van der Waals surface area contributed by atoms with Gasteiger partial charge in [-0.1, -0.05) is 20.8 Å². The molecule has 3 heterocycles. The Morgan fingerprint density at radius 3 is 2.94 bits per heavy atom. The summed E-state index contributed by atoms with van der Waals surface area (Å²) in [6, 6.07) is 3.89. The third-order valence-electron chi connectivity index (χ3n) is 3.28. The Morgan fingerprint density at radius 2 is 2.22 bits per heavy atom. The molecule has 0 N–H and O–H groups in total. The van der Waals surface area contributed by atoms with Crippen LogP contribution in [0.3, 0.4) is 0 Å². The summed E-state index contributed by atoms with van der Waals surface area (Å²) < 4.78 is 5.43. The zero-order valence-corrected chi connectivity index (χ0v) is 11.3. The van der Waals surface area contributed by atoms with Gasteiger partial charge in [-0.2, -0.15) is 0 Å². The molecule has 1 atom stereocenters. The smallest absolute Gasteiger partial charge is 0.256 e. The molecular weight excluding hydrogens is 228 g/mol. The Kier molecular flexibility index (Phi) is 3.97. The topological polar surface area (TPSA) is 42.4 Å². The summed E-state index contributed by atoms with van der Waals surface area (Å²) in [6.07, 6.45) is 0.898. The molecule has 4 nitrogen and oxygen atoms in total. The summed E-state index contributed by atoms with van der Waals surface area (Å²) in [7, 11) is 0. The SMILES string of the molecule is CC.CCc1ccc2c(n1)C1COCCN1C2=O. The quantitative estimate of drug-likeness (QED) is 0.765. The maximum Gasteiger partial charge on any atom is 0.256 e. The lowest BCUT2D eigenvalue weighted by atomic mass is 10.1. The Balaban J connectivity index is 0.000000574. The first-order valence-electron chi connectivity index (χ1n) is 6.69. The molecular formula is C14H20N2O2. The van der Waals surface area contributed by atoms with E-state index in [1.54, 1.807) is 0 Å². The number of amides is 1. The molecule has 2 aliphatic rings. The van der Waals surface area contributed by atoms with Gasteiger partial charge in [0.05, 0.1) is 30.5 Å². The van der Waals surface area contributed by atoms with Crippen molar-refractivity contribution in [1.29, 1.82) is 0 Å². The first-order chi connectivity index (χ1) is 8.81. The van der Waals surface area contributed by atoms with Crippen molar-refractivity contribution in [3.8, 4) is 0 Å². The fourth-order valence-corrected chi connectivity index (χ4v) is 2.38. The zero-order chi connectivity index (χ0) is 13.1. The van der Waals surface area contributed by atoms with Crippen molar-refractivity contribution in [3.63, 3.8) is 0 Å². The van der Waals surface area contributed by atoms with Gasteiger partial charge in [0.15, 0.2) is 0 Å². The number of aryl methyl sites for hydroxylation is 1. The van der Waals surface area contributed by atoms with Crippen molar-refractivity contribution in [2.45, 2.75) is 33.2 Å². The van der Waals surface area contributed by atoms with Crippen LogP contribution in [0, 0.1) is 0 Å². The Morgan fingerprint density at radius 1 is 1.44 bits per heavy atom. The number of ether oxygens (including phenoxy) is 1. The predicted molar refractivity (Wildman–Crippen MR) is 69.6 cm³/mol. The fourth-order valence-electron chi connectivity index (χ4n) is 2.38. The largest absolute Gasteiger partial charge is 0.377 e. The average Bonchev–Trinajstić information content (AvgIpc) is 2.75. The van der Waals surface area contributed by atoms with E-state index in [2.05, 4.69) is 11.9 Å². The fraction of sp³-hybridized carbons (Fsp3) is 0.571. The number of aromatic nitrogens is 1. The molecule has 0 spiro atoms. The molecule has 2 aliphatic heterocycles. The standard InChI is InChI=1S/C12H14N2O2.C2H6/c1-2-8-3-4-9-11(13-8)10-7-16-6-5-14(10)12(9)15;1-2/h3-4,10H,2,5-7H2,1H3;1-2H3. The van der Waals surface area contributed by atoms with E-state index in [1.807, 2.05) is 30.9 Å². The van der Waals surface area contributed by atoms with E-state index in [0.29, 0.717) is 19.8 Å². The van der Waals surface area contributed by atoms with Crippen molar-refractivity contribution >= 4 is 5.91 Å². The summed E-state index contributed by atoms with van der Waals surface area (Å²) in [5, 5.41) is 0. The third-order valence-corrected chi connectivity index (χ3v) is 3.28. The maximum atomic E-state index is 12.1. The van der Waals surface area contributed by atoms with Crippen molar-refractivity contribution < 1.29 is 9.53 Å². The van der Waals surface area contributed by atoms with Crippen LogP contribution in [-0.4, -0.2) is 35.5 Å². The molecule has 3 rings (SSSR count). The molecule has 1 fully saturated rings. The highest BCUT2D eigenvalue weighted by Gasteiger charge is 2.39. The van der Waals surface area contributed by atoms with Gasteiger partial charge in [-0.25, -0.2) is 0 Å². The van der Waals surface area contributed by atoms with Gasteiger partial charge in [0.1, 0.15) is 0 Å². The first-order valence-corrected chi connectivity index (χ1v) is 6.69. The molecule has 0 saturated carbocycles. The van der Waals surface area contributed by atoms with Crippen LogP contribution < -0.4 is 0 Å². The average molecular weight is 248 g/mol. The number of morpholine rings is 1. The van der Waals surface area contributed by atoms with Gasteiger partial charge < -0.3 is 9.64 Å². The highest BCUT2D eigenvalue weighted by molar-refractivity contribution is 5.98. The number of carbonyl (C=O) groups excluding carboxylic acids is 1. The molecule has 1 amide bonds. The zero-order valence-electron chi connectivity index (χ0n) is 11.3. The van der Waals surface area contributed by atoms with Crippen LogP contribution in [0.5, 0.6) is 0 Å². The minimum atomic E-state index is 0.0442. The van der Waals surface area contributed by atoms with Crippen LogP contribution >= 0.6 is 0 Å². The molecule has 4 heteroatoms. The minimum Gasteiger partial charge on any atom is -0.377 e. The molecule has 1 aromatic heterocycles. The van der Waals surface area contributed by atoms with Crippen LogP contribution in [0.2, 0.25) is 0 Å². The molecule has 0 bridgehead atoms. The van der Waals surface area contributed by atoms with Gasteiger partial charge >= 0.3 is 0 Å². The Bertz CT molecular complexity index is 445. The molecule has 1 saturated heterocycles. The normalized spacial score (nSPS) is 20.9. The van der Waals surface area contributed by atoms with Crippen LogP contribution in [0.1, 0.15) is 48.6 Å². The van der Waals surface area contributed by atoms with Gasteiger partial charge in [0, 0.05) is 12.2 Å². The molecule has 1 unspecified atom stereocenters. The van der Waals surface area contributed by atoms with Gasteiger partial charge in [0.25, 0.3) is 5.91 Å². The molecule has 98 valence electrons. The number of hydrogen-bond donors (Lipinski definition) is 0. The first kappa shape index (κ1) is 13.0. The van der Waals surface area contributed by atoms with E-state index in [-0.39, 0.29) is 11.9 Å². The molecule has 1 aromatic rings. The Labute approximate surface area is 108 Å². The highest BCUT2D eigenvalue weighted by atomic mass is 16.5. The Hall–Kier alpha value is -1.42. The van der Waals surface area contributed by atoms with Crippen molar-refractivity contribution in [2.24, 2.45) is 0 Å². The number of fused-ring (bicyclic) bond motifs is 3. The van der Waals surface area contributed by atoms with Gasteiger partial charge in [-0.15, -0.1) is 0 Å². The van der Waals surface area contributed by atoms with Crippen LogP contribution in [-0.2, 0) is 11.2 Å². The molecule has 18 heavy (non-hydrogen) atoms. The number of rotatable bonds is 1. The summed E-state index contributed by atoms with van der Waals surface area (Å²) in [6.45, 7) is 7.97. The van der Waals surface area contributed by atoms with Gasteiger partial charge in [0.2, 0.25) is 0 Å². The number of hydrogen-bond acceptors (Lipinski definition) is 3. The molecule has 0 radical (unpaired) electrons. The number of nitrogens with zero attached hydrogens (tertiary/aromatic N) is 2. The van der Waals surface area contributed by atoms with Gasteiger partial charge in [-0.3, -0.25) is 9.78 Å². The van der Waals surface area contributed by atoms with E-state index < -0.39 is 0 Å². The minimum absolute atomic E-state index is 0.0442. The second-order valence-electron chi connectivity index (χ2n) is 4.18. The van der Waals surface area contributed by atoms with Crippen LogP contribution in [0.4, 0.5) is 0 Å². The van der Waals surface area contributed by atoms with Crippen molar-refractivity contribution in [3.05, 3.63) is 29.1 Å². The molecule has 0 aliphatic carbocycles. The monoisotopic (exact) mass is 248 g/mol. The summed E-state index contributed by atoms with van der Waals surface area (Å²) in [5.41, 5.74) is 2.70. The van der Waals surface area contributed by atoms with Crippen molar-refractivity contribution in [1.82, 2.24) is 9.88 Å². The summed E-state index contributed by atoms with van der Waals surface area (Å²) in [5.74, 6) is 0.110. The summed E-state index contributed by atoms with van der Waals surface area (Å²) >= 11 is 0. The lowest BCUT2D eigenvalue weighted by Crippen LogP contribution is -2.38. The molecule has 0 aromatic carbocycles. The van der Waals surface area contributed by atoms with E-state index in [1.165, 1.54) is 0 Å². The lowest BCUT2D eigenvalue weighted by molar-refractivity contribution is 0.00352. The van der Waals surface area contributed by atoms with Crippen molar-refractivity contribution in [2.75, 3.05) is 19.8 Å². The van der Waals surface area contributed by atoms with Gasteiger partial charge in [-0.05, 0) is 18.6 Å².